The third kappa shape index (κ3) is 4.91. The Balaban J connectivity index is 0.00000169. The van der Waals surface area contributed by atoms with E-state index in [2.05, 4.69) is 10.3 Å². The molecule has 0 bridgehead atoms. The minimum Gasteiger partial charge on any atom is -0.350 e. The van der Waals surface area contributed by atoms with E-state index in [-0.39, 0.29) is 42.6 Å². The minimum absolute atomic E-state index is 0. The molecule has 0 radical (unpaired) electrons. The van der Waals surface area contributed by atoms with Gasteiger partial charge in [0.15, 0.2) is 0 Å². The van der Waals surface area contributed by atoms with Crippen LogP contribution in [0.25, 0.3) is 10.9 Å². The number of nitrogens with two attached hydrogens (primary N) is 1. The van der Waals surface area contributed by atoms with Crippen LogP contribution in [0.3, 0.4) is 0 Å². The molecule has 0 aliphatic carbocycles. The average molecular weight is 396 g/mol. The summed E-state index contributed by atoms with van der Waals surface area (Å²) in [6.45, 7) is 2.09. The molecule has 1 amide bonds. The Hall–Kier alpha value is -2.21. The number of amides is 1. The van der Waals surface area contributed by atoms with Crippen LogP contribution in [0.4, 0.5) is 4.39 Å². The van der Waals surface area contributed by atoms with Gasteiger partial charge in [0, 0.05) is 29.7 Å². The van der Waals surface area contributed by atoms with Gasteiger partial charge in [-0.3, -0.25) is 9.78 Å². The van der Waals surface area contributed by atoms with Crippen LogP contribution in [-0.4, -0.2) is 17.4 Å². The molecule has 26 heavy (non-hydrogen) atoms. The Bertz CT molecular complexity index is 885. The van der Waals surface area contributed by atoms with Gasteiger partial charge in [0.25, 0.3) is 5.91 Å². The summed E-state index contributed by atoms with van der Waals surface area (Å²) in [5, 5.41) is 3.46. The van der Waals surface area contributed by atoms with E-state index < -0.39 is 0 Å². The van der Waals surface area contributed by atoms with Gasteiger partial charge in [0.2, 0.25) is 0 Å². The summed E-state index contributed by atoms with van der Waals surface area (Å²) in [5.74, 6) is -0.624. The van der Waals surface area contributed by atoms with Crippen LogP contribution >= 0.6 is 24.8 Å². The van der Waals surface area contributed by atoms with E-state index >= 15 is 0 Å². The molecule has 4 nitrogen and oxygen atoms in total. The Morgan fingerprint density at radius 3 is 2.54 bits per heavy atom. The van der Waals surface area contributed by atoms with Gasteiger partial charge in [-0.1, -0.05) is 30.3 Å². The monoisotopic (exact) mass is 395 g/mol. The molecule has 1 unspecified atom stereocenters. The lowest BCUT2D eigenvalue weighted by Gasteiger charge is -2.14. The Kier molecular flexibility index (Phi) is 7.96. The molecule has 1 heterocycles. The van der Waals surface area contributed by atoms with Crippen molar-refractivity contribution in [1.29, 1.82) is 0 Å². The first-order chi connectivity index (χ1) is 11.5. The fourth-order valence-electron chi connectivity index (χ4n) is 2.64. The molecule has 0 aliphatic rings. The van der Waals surface area contributed by atoms with Crippen molar-refractivity contribution in [3.63, 3.8) is 0 Å². The normalized spacial score (nSPS) is 11.2. The minimum atomic E-state index is -0.377. The van der Waals surface area contributed by atoms with E-state index in [0.29, 0.717) is 28.7 Å². The zero-order valence-corrected chi connectivity index (χ0v) is 15.7. The maximum absolute atomic E-state index is 13.4. The molecular formula is C19H20Cl2FN3O. The predicted molar refractivity (Wildman–Crippen MR) is 107 cm³/mol. The topological polar surface area (TPSA) is 68.0 Å². The first-order valence-electron chi connectivity index (χ1n) is 7.70. The summed E-state index contributed by atoms with van der Waals surface area (Å²) >= 11 is 0. The Labute approximate surface area is 163 Å². The van der Waals surface area contributed by atoms with Gasteiger partial charge >= 0.3 is 0 Å². The number of nitrogens with zero attached hydrogens (tertiary/aromatic N) is 1. The van der Waals surface area contributed by atoms with Crippen molar-refractivity contribution in [3.8, 4) is 0 Å². The van der Waals surface area contributed by atoms with E-state index in [1.54, 1.807) is 19.1 Å². The number of carbonyl (C=O) groups is 1. The summed E-state index contributed by atoms with van der Waals surface area (Å²) in [4.78, 5) is 16.8. The average Bonchev–Trinajstić information content (AvgIpc) is 2.59. The summed E-state index contributed by atoms with van der Waals surface area (Å²) < 4.78 is 13.4. The smallest absolute Gasteiger partial charge is 0.252 e. The Morgan fingerprint density at radius 1 is 1.15 bits per heavy atom. The molecular weight excluding hydrogens is 376 g/mol. The molecule has 1 atom stereocenters. The number of rotatable bonds is 4. The van der Waals surface area contributed by atoms with Crippen molar-refractivity contribution in [2.24, 2.45) is 5.73 Å². The maximum Gasteiger partial charge on any atom is 0.252 e. The zero-order chi connectivity index (χ0) is 17.1. The molecule has 0 spiro atoms. The van der Waals surface area contributed by atoms with Crippen LogP contribution in [0.5, 0.6) is 0 Å². The van der Waals surface area contributed by atoms with Gasteiger partial charge in [-0.25, -0.2) is 4.39 Å². The number of pyridine rings is 1. The quantitative estimate of drug-likeness (QED) is 0.702. The Morgan fingerprint density at radius 2 is 1.85 bits per heavy atom. The molecule has 7 heteroatoms. The van der Waals surface area contributed by atoms with Gasteiger partial charge in [-0.2, -0.15) is 0 Å². The molecule has 3 aromatic rings. The molecule has 0 saturated carbocycles. The number of hydrogen-bond acceptors (Lipinski definition) is 3. The van der Waals surface area contributed by atoms with Gasteiger partial charge in [0.05, 0.1) is 11.1 Å². The highest BCUT2D eigenvalue weighted by atomic mass is 35.5. The van der Waals surface area contributed by atoms with Crippen LogP contribution in [0.1, 0.15) is 27.7 Å². The number of fused-ring (bicyclic) bond motifs is 1. The predicted octanol–water partition coefficient (Wildman–Crippen LogP) is 3.96. The number of nitrogens with one attached hydrogen (secondary N) is 1. The summed E-state index contributed by atoms with van der Waals surface area (Å²) in [6.07, 6.45) is 0. The van der Waals surface area contributed by atoms with E-state index in [0.717, 1.165) is 5.56 Å². The molecule has 0 fully saturated rings. The van der Waals surface area contributed by atoms with Crippen molar-refractivity contribution in [3.05, 3.63) is 77.2 Å². The molecule has 0 saturated heterocycles. The van der Waals surface area contributed by atoms with Gasteiger partial charge in [-0.15, -0.1) is 24.8 Å². The molecule has 138 valence electrons. The summed E-state index contributed by atoms with van der Waals surface area (Å²) in [5.41, 5.74) is 8.65. The maximum atomic E-state index is 13.4. The van der Waals surface area contributed by atoms with E-state index in [9.17, 15) is 9.18 Å². The number of carbonyl (C=O) groups excluding carboxylic acids is 1. The second-order valence-electron chi connectivity index (χ2n) is 5.70. The number of benzene rings is 2. The third-order valence-corrected chi connectivity index (χ3v) is 3.85. The van der Waals surface area contributed by atoms with Gasteiger partial charge in [-0.05, 0) is 30.7 Å². The fraction of sp³-hybridized carbons (Fsp3) is 0.158. The summed E-state index contributed by atoms with van der Waals surface area (Å²) in [6, 6.07) is 15.2. The largest absolute Gasteiger partial charge is 0.350 e. The number of aromatic nitrogens is 1. The highest BCUT2D eigenvalue weighted by Crippen LogP contribution is 2.20. The SMILES string of the molecule is Cc1cc(C(=O)NCC(N)c2ccccc2)c2ccc(F)cc2n1.Cl.Cl. The zero-order valence-electron chi connectivity index (χ0n) is 14.1. The molecule has 2 aromatic carbocycles. The van der Waals surface area contributed by atoms with Crippen molar-refractivity contribution in [1.82, 2.24) is 10.3 Å². The standard InChI is InChI=1S/C19H18FN3O.2ClH/c1-12-9-16(15-8-7-14(20)10-18(15)23-12)19(24)22-11-17(21)13-5-3-2-4-6-13;;/h2-10,17H,11,21H2,1H3,(H,22,24);2*1H. The second-order valence-corrected chi connectivity index (χ2v) is 5.70. The van der Waals surface area contributed by atoms with Crippen molar-refractivity contribution < 1.29 is 9.18 Å². The molecule has 3 N–H and O–H groups in total. The van der Waals surface area contributed by atoms with Crippen LogP contribution in [-0.2, 0) is 0 Å². The van der Waals surface area contributed by atoms with Gasteiger partial charge in [0.1, 0.15) is 5.82 Å². The summed E-state index contributed by atoms with van der Waals surface area (Å²) in [7, 11) is 0. The van der Waals surface area contributed by atoms with Crippen molar-refractivity contribution in [2.45, 2.75) is 13.0 Å². The second kappa shape index (κ2) is 9.48. The van der Waals surface area contributed by atoms with E-state index in [1.807, 2.05) is 30.3 Å². The molecule has 3 rings (SSSR count). The highest BCUT2D eigenvalue weighted by Gasteiger charge is 2.14. The third-order valence-electron chi connectivity index (χ3n) is 3.85. The first-order valence-corrected chi connectivity index (χ1v) is 7.70. The number of halogens is 3. The highest BCUT2D eigenvalue weighted by molar-refractivity contribution is 6.06. The lowest BCUT2D eigenvalue weighted by Crippen LogP contribution is -2.32. The molecule has 0 aliphatic heterocycles. The number of aryl methyl sites for hydroxylation is 1. The fourth-order valence-corrected chi connectivity index (χ4v) is 2.64. The van der Waals surface area contributed by atoms with Crippen molar-refractivity contribution in [2.75, 3.05) is 6.54 Å². The molecule has 1 aromatic heterocycles. The van der Waals surface area contributed by atoms with Crippen LogP contribution < -0.4 is 11.1 Å². The van der Waals surface area contributed by atoms with Crippen LogP contribution in [0.15, 0.2) is 54.6 Å². The van der Waals surface area contributed by atoms with Crippen molar-refractivity contribution >= 4 is 41.6 Å². The lowest BCUT2D eigenvalue weighted by atomic mass is 10.1. The van der Waals surface area contributed by atoms with E-state index in [4.69, 9.17) is 5.73 Å². The van der Waals surface area contributed by atoms with Crippen LogP contribution in [0.2, 0.25) is 0 Å². The lowest BCUT2D eigenvalue weighted by molar-refractivity contribution is 0.0952. The van der Waals surface area contributed by atoms with Gasteiger partial charge < -0.3 is 11.1 Å². The van der Waals surface area contributed by atoms with Crippen LogP contribution in [0, 0.1) is 12.7 Å². The van der Waals surface area contributed by atoms with E-state index in [1.165, 1.54) is 12.1 Å². The first kappa shape index (κ1) is 21.8. The number of hydrogen-bond donors (Lipinski definition) is 2.